The molecule has 0 fully saturated rings. The highest BCUT2D eigenvalue weighted by Gasteiger charge is 2.21. The van der Waals surface area contributed by atoms with E-state index in [0.29, 0.717) is 17.4 Å². The zero-order valence-electron chi connectivity index (χ0n) is 33.3. The number of phosphoric ester groups is 1. The number of unbranched alkanes of at least 4 members (excludes halogenated alkanes) is 16. The Hall–Kier alpha value is -1.77. The maximum Gasteiger partial charge on any atom is 0.306 e. The quantitative estimate of drug-likeness (QED) is 0.0205. The molecule has 0 aromatic rings. The van der Waals surface area contributed by atoms with Gasteiger partial charge in [0.05, 0.1) is 27.7 Å². The SMILES string of the molecule is CCCC/C=C\C/C=C\CCCCCCCC(=O)O[C@H](COC(=O)CCCCCCC/C=C\CCCCCC)COP(=O)([O-])OCC[N+](C)(C)C. The van der Waals surface area contributed by atoms with Gasteiger partial charge in [-0.05, 0) is 64.2 Å². The van der Waals surface area contributed by atoms with Gasteiger partial charge in [0.2, 0.25) is 0 Å². The van der Waals surface area contributed by atoms with Gasteiger partial charge >= 0.3 is 11.9 Å². The first-order chi connectivity index (χ1) is 24.5. The van der Waals surface area contributed by atoms with Crippen LogP contribution in [0, 0.1) is 0 Å². The highest BCUT2D eigenvalue weighted by atomic mass is 31.2. The van der Waals surface area contributed by atoms with Gasteiger partial charge in [0.1, 0.15) is 19.8 Å². The number of allylic oxidation sites excluding steroid dienone is 6. The van der Waals surface area contributed by atoms with Crippen LogP contribution in [-0.2, 0) is 32.7 Å². The summed E-state index contributed by atoms with van der Waals surface area (Å²) in [4.78, 5) is 37.4. The lowest BCUT2D eigenvalue weighted by Crippen LogP contribution is -2.37. The van der Waals surface area contributed by atoms with Crippen LogP contribution in [0.15, 0.2) is 36.5 Å². The molecule has 0 aromatic carbocycles. The number of ether oxygens (including phenoxy) is 2. The second kappa shape index (κ2) is 34.0. The van der Waals surface area contributed by atoms with Gasteiger partial charge in [-0.15, -0.1) is 0 Å². The Bertz CT molecular complexity index is 975. The summed E-state index contributed by atoms with van der Waals surface area (Å²) in [7, 11) is 1.15. The number of carbonyl (C=O) groups excluding carboxylic acids is 2. The first-order valence-electron chi connectivity index (χ1n) is 20.2. The van der Waals surface area contributed by atoms with Crippen molar-refractivity contribution in [3.05, 3.63) is 36.5 Å². The average Bonchev–Trinajstić information content (AvgIpc) is 3.07. The second-order valence-electron chi connectivity index (χ2n) is 14.6. The van der Waals surface area contributed by atoms with Crippen molar-refractivity contribution in [2.75, 3.05) is 47.5 Å². The Kier molecular flexibility index (Phi) is 32.8. The van der Waals surface area contributed by atoms with E-state index < -0.39 is 32.5 Å². The van der Waals surface area contributed by atoms with Crippen molar-refractivity contribution in [1.29, 1.82) is 0 Å². The molecule has 1 unspecified atom stereocenters. The standard InChI is InChI=1S/C41H76NO8P/c1-6-8-10-12-14-16-18-20-22-24-26-28-30-32-34-41(44)50-39(38-49-51(45,46)48-36-35-42(3,4)5)37-47-40(43)33-31-29-27-25-23-21-19-17-15-13-11-9-7-2/h12,14,17-20,39H,6-11,13,15-16,21-38H2,1-5H3/b14-12-,19-17-,20-18-/t39-/m1/s1. The maximum absolute atomic E-state index is 12.6. The van der Waals surface area contributed by atoms with Crippen molar-refractivity contribution in [3.63, 3.8) is 0 Å². The molecule has 0 bridgehead atoms. The fourth-order valence-corrected chi connectivity index (χ4v) is 5.86. The zero-order chi connectivity index (χ0) is 37.9. The first kappa shape index (κ1) is 49.2. The lowest BCUT2D eigenvalue weighted by molar-refractivity contribution is -0.870. The van der Waals surface area contributed by atoms with Crippen LogP contribution in [0.5, 0.6) is 0 Å². The third-order valence-electron chi connectivity index (χ3n) is 8.38. The molecule has 0 aliphatic rings. The number of likely N-dealkylation sites (N-methyl/N-ethyl adjacent to an activating group) is 1. The minimum Gasteiger partial charge on any atom is -0.756 e. The molecule has 0 radical (unpaired) electrons. The van der Waals surface area contributed by atoms with Gasteiger partial charge < -0.3 is 27.9 Å². The van der Waals surface area contributed by atoms with Gasteiger partial charge in [0, 0.05) is 12.8 Å². The van der Waals surface area contributed by atoms with Crippen molar-refractivity contribution >= 4 is 19.8 Å². The molecule has 51 heavy (non-hydrogen) atoms. The molecular formula is C41H76NO8P. The van der Waals surface area contributed by atoms with Crippen LogP contribution in [0.25, 0.3) is 0 Å². The van der Waals surface area contributed by atoms with Crippen LogP contribution in [0.4, 0.5) is 0 Å². The Morgan fingerprint density at radius 2 is 1.08 bits per heavy atom. The summed E-state index contributed by atoms with van der Waals surface area (Å²) in [5.74, 6) is -0.863. The minimum atomic E-state index is -4.62. The van der Waals surface area contributed by atoms with Crippen molar-refractivity contribution in [1.82, 2.24) is 0 Å². The van der Waals surface area contributed by atoms with Gasteiger partial charge in [-0.1, -0.05) is 121 Å². The van der Waals surface area contributed by atoms with Crippen molar-refractivity contribution in [3.8, 4) is 0 Å². The van der Waals surface area contributed by atoms with E-state index in [-0.39, 0.29) is 26.1 Å². The largest absolute Gasteiger partial charge is 0.756 e. The lowest BCUT2D eigenvalue weighted by atomic mass is 10.1. The van der Waals surface area contributed by atoms with E-state index in [9.17, 15) is 19.0 Å². The third-order valence-corrected chi connectivity index (χ3v) is 9.35. The van der Waals surface area contributed by atoms with Crippen LogP contribution in [0.3, 0.4) is 0 Å². The van der Waals surface area contributed by atoms with Crippen LogP contribution >= 0.6 is 7.82 Å². The van der Waals surface area contributed by atoms with E-state index >= 15 is 0 Å². The zero-order valence-corrected chi connectivity index (χ0v) is 34.2. The molecule has 10 heteroatoms. The summed E-state index contributed by atoms with van der Waals surface area (Å²) in [5.41, 5.74) is 0. The average molecular weight is 742 g/mol. The molecule has 0 aliphatic carbocycles. The predicted octanol–water partition coefficient (Wildman–Crippen LogP) is 10.3. The molecule has 0 aromatic heterocycles. The monoisotopic (exact) mass is 742 g/mol. The third kappa shape index (κ3) is 37.8. The number of hydrogen-bond donors (Lipinski definition) is 0. The van der Waals surface area contributed by atoms with Crippen molar-refractivity contribution in [2.24, 2.45) is 0 Å². The first-order valence-corrected chi connectivity index (χ1v) is 21.7. The molecule has 9 nitrogen and oxygen atoms in total. The van der Waals surface area contributed by atoms with Crippen LogP contribution in [0.2, 0.25) is 0 Å². The molecule has 0 N–H and O–H groups in total. The summed E-state index contributed by atoms with van der Waals surface area (Å²) in [6.45, 7) is 4.13. The topological polar surface area (TPSA) is 111 Å². The number of hydrogen-bond acceptors (Lipinski definition) is 8. The Balaban J connectivity index is 4.46. The van der Waals surface area contributed by atoms with E-state index in [1.807, 2.05) is 21.1 Å². The van der Waals surface area contributed by atoms with E-state index in [0.717, 1.165) is 83.5 Å². The Morgan fingerprint density at radius 1 is 0.608 bits per heavy atom. The maximum atomic E-state index is 12.6. The molecule has 0 aliphatic heterocycles. The molecule has 298 valence electrons. The second-order valence-corrected chi connectivity index (χ2v) is 16.1. The summed E-state index contributed by atoms with van der Waals surface area (Å²) in [6, 6.07) is 0. The summed E-state index contributed by atoms with van der Waals surface area (Å²) in [5, 5.41) is 0. The normalized spacial score (nSPS) is 14.1. The highest BCUT2D eigenvalue weighted by Crippen LogP contribution is 2.38. The lowest BCUT2D eigenvalue weighted by Gasteiger charge is -2.28. The van der Waals surface area contributed by atoms with E-state index in [1.54, 1.807) is 0 Å². The number of quaternary nitrogens is 1. The smallest absolute Gasteiger partial charge is 0.306 e. The molecule has 0 spiro atoms. The predicted molar refractivity (Wildman–Crippen MR) is 208 cm³/mol. The van der Waals surface area contributed by atoms with E-state index in [1.165, 1.54) is 44.9 Å². The molecule has 0 saturated heterocycles. The van der Waals surface area contributed by atoms with Crippen LogP contribution in [-0.4, -0.2) is 70.0 Å². The molecule has 0 rings (SSSR count). The molecule has 0 amide bonds. The number of rotatable bonds is 36. The highest BCUT2D eigenvalue weighted by molar-refractivity contribution is 7.45. The van der Waals surface area contributed by atoms with Crippen LogP contribution in [0.1, 0.15) is 162 Å². The minimum absolute atomic E-state index is 0.0354. The molecular weight excluding hydrogens is 665 g/mol. The Labute approximate surface area is 312 Å². The summed E-state index contributed by atoms with van der Waals surface area (Å²) < 4.78 is 33.8. The van der Waals surface area contributed by atoms with Gasteiger partial charge in [0.25, 0.3) is 7.82 Å². The van der Waals surface area contributed by atoms with Gasteiger partial charge in [-0.25, -0.2) is 0 Å². The molecule has 0 saturated carbocycles. The number of esters is 2. The number of nitrogens with zero attached hydrogens (tertiary/aromatic N) is 1. The van der Waals surface area contributed by atoms with E-state index in [2.05, 4.69) is 50.3 Å². The fraction of sp³-hybridized carbons (Fsp3) is 0.805. The fourth-order valence-electron chi connectivity index (χ4n) is 5.13. The van der Waals surface area contributed by atoms with Gasteiger partial charge in [0.15, 0.2) is 6.10 Å². The van der Waals surface area contributed by atoms with E-state index in [4.69, 9.17) is 18.5 Å². The summed E-state index contributed by atoms with van der Waals surface area (Å²) >= 11 is 0. The Morgan fingerprint density at radius 3 is 1.63 bits per heavy atom. The molecule has 0 heterocycles. The summed E-state index contributed by atoms with van der Waals surface area (Å²) in [6.07, 6.45) is 35.9. The number of carbonyl (C=O) groups is 2. The van der Waals surface area contributed by atoms with Crippen LogP contribution < -0.4 is 4.89 Å². The van der Waals surface area contributed by atoms with Crippen molar-refractivity contribution in [2.45, 2.75) is 168 Å². The van der Waals surface area contributed by atoms with Gasteiger partial charge in [-0.2, -0.15) is 0 Å². The number of phosphoric acid groups is 1. The van der Waals surface area contributed by atoms with Crippen molar-refractivity contribution < 1.29 is 42.1 Å². The van der Waals surface area contributed by atoms with Gasteiger partial charge in [-0.3, -0.25) is 14.2 Å². The molecule has 2 atom stereocenters.